The molecule has 0 spiro atoms. The summed E-state index contributed by atoms with van der Waals surface area (Å²) in [6.45, 7) is 6.86. The lowest BCUT2D eigenvalue weighted by molar-refractivity contribution is -0.143. The predicted molar refractivity (Wildman–Crippen MR) is 152 cm³/mol. The van der Waals surface area contributed by atoms with Gasteiger partial charge in [-0.1, -0.05) is 44.3 Å². The number of oxime groups is 1. The molecular formula is C31H45N3O7. The van der Waals surface area contributed by atoms with E-state index < -0.39 is 42.1 Å². The number of carbonyl (C=O) groups excluding carboxylic acids is 2. The molecule has 4 aliphatic carbocycles. The van der Waals surface area contributed by atoms with Crippen LogP contribution in [0.1, 0.15) is 79.1 Å². The number of aliphatic hydroxyl groups excluding tert-OH is 1. The van der Waals surface area contributed by atoms with Crippen molar-refractivity contribution in [3.8, 4) is 12.3 Å². The van der Waals surface area contributed by atoms with Gasteiger partial charge < -0.3 is 30.8 Å². The van der Waals surface area contributed by atoms with Crippen molar-refractivity contribution in [3.63, 3.8) is 0 Å². The molecule has 41 heavy (non-hydrogen) atoms. The summed E-state index contributed by atoms with van der Waals surface area (Å²) in [5.41, 5.74) is 1.01. The smallest absolute Gasteiger partial charge is 0.328 e. The van der Waals surface area contributed by atoms with Gasteiger partial charge in [0.05, 0.1) is 12.3 Å². The first kappa shape index (κ1) is 31.0. The van der Waals surface area contributed by atoms with Crippen LogP contribution in [0.15, 0.2) is 16.8 Å². The second-order valence-electron chi connectivity index (χ2n) is 13.2. The third-order valence-electron chi connectivity index (χ3n) is 10.8. The minimum atomic E-state index is -1.45. The zero-order valence-corrected chi connectivity index (χ0v) is 24.6. The van der Waals surface area contributed by atoms with Crippen molar-refractivity contribution >= 4 is 23.5 Å². The fourth-order valence-corrected chi connectivity index (χ4v) is 8.27. The number of hydrogen-bond acceptors (Lipinski definition) is 7. The first-order valence-electron chi connectivity index (χ1n) is 14.8. The average Bonchev–Trinajstić information content (AvgIpc) is 3.20. The Balaban J connectivity index is 1.36. The van der Waals surface area contributed by atoms with Gasteiger partial charge in [-0.2, -0.15) is 0 Å². The zero-order valence-electron chi connectivity index (χ0n) is 24.6. The van der Waals surface area contributed by atoms with E-state index in [1.807, 2.05) is 0 Å². The lowest BCUT2D eigenvalue weighted by atomic mass is 9.46. The molecule has 0 radical (unpaired) electrons. The molecule has 3 saturated carbocycles. The summed E-state index contributed by atoms with van der Waals surface area (Å²) < 4.78 is 0. The van der Waals surface area contributed by atoms with E-state index in [1.165, 1.54) is 5.57 Å². The number of nitrogens with zero attached hydrogens (tertiary/aromatic N) is 1. The molecule has 226 valence electrons. The number of carboxylic acid groups (broad SMARTS) is 1. The van der Waals surface area contributed by atoms with Crippen LogP contribution in [0.25, 0.3) is 0 Å². The summed E-state index contributed by atoms with van der Waals surface area (Å²) in [5, 5.41) is 38.5. The second kappa shape index (κ2) is 11.8. The van der Waals surface area contributed by atoms with E-state index in [1.54, 1.807) is 13.8 Å². The standard InChI is InChI=1S/C31H45N3O7/c1-6-31(40)14-11-23-21-8-7-19-15-20(9-12-29(19,4)22(21)10-13-30(23,31)5)34-41-17-25(36)33-26(18(2)3)27(37)32-24(16-35)28(38)39/h1,15,18,21-24,26,35,40H,7-14,16-17H2,2-5H3,(H,32,37)(H,33,36)(H,38,39)/b34-20-/t21-,22+,23-,24-,26+,29+,30+,31-/m1/s1. The number of aliphatic carboxylic acids is 1. The van der Waals surface area contributed by atoms with Gasteiger partial charge in [-0.3, -0.25) is 9.59 Å². The van der Waals surface area contributed by atoms with Gasteiger partial charge in [0.2, 0.25) is 5.91 Å². The Kier molecular flexibility index (Phi) is 8.91. The number of nitrogens with one attached hydrogen (secondary N) is 2. The van der Waals surface area contributed by atoms with Gasteiger partial charge in [0.15, 0.2) is 6.61 Å². The van der Waals surface area contributed by atoms with Crippen molar-refractivity contribution in [3.05, 3.63) is 11.6 Å². The maximum Gasteiger partial charge on any atom is 0.328 e. The van der Waals surface area contributed by atoms with Crippen LogP contribution in [0.5, 0.6) is 0 Å². The summed E-state index contributed by atoms with van der Waals surface area (Å²) in [5.74, 6) is 1.33. The van der Waals surface area contributed by atoms with Crippen molar-refractivity contribution in [1.29, 1.82) is 0 Å². The van der Waals surface area contributed by atoms with E-state index in [2.05, 4.69) is 41.6 Å². The minimum Gasteiger partial charge on any atom is -0.480 e. The molecule has 3 fully saturated rings. The van der Waals surface area contributed by atoms with E-state index in [0.717, 1.165) is 50.7 Å². The van der Waals surface area contributed by atoms with Gasteiger partial charge in [-0.25, -0.2) is 4.79 Å². The maximum absolute atomic E-state index is 12.5. The molecule has 5 N–H and O–H groups in total. The number of amides is 2. The van der Waals surface area contributed by atoms with E-state index in [9.17, 15) is 19.5 Å². The van der Waals surface area contributed by atoms with Gasteiger partial charge in [0, 0.05) is 5.41 Å². The van der Waals surface area contributed by atoms with Crippen LogP contribution in [0.3, 0.4) is 0 Å². The van der Waals surface area contributed by atoms with Crippen molar-refractivity contribution < 1.29 is 34.5 Å². The molecule has 0 aromatic heterocycles. The molecule has 4 aliphatic rings. The molecule has 0 aliphatic heterocycles. The lowest BCUT2D eigenvalue weighted by Crippen LogP contribution is -2.55. The normalized spacial score (nSPS) is 36.6. The van der Waals surface area contributed by atoms with E-state index in [-0.39, 0.29) is 23.4 Å². The number of allylic oxidation sites excluding steroid dienone is 2. The second-order valence-corrected chi connectivity index (χ2v) is 13.2. The van der Waals surface area contributed by atoms with Crippen LogP contribution in [0.2, 0.25) is 0 Å². The Labute approximate surface area is 242 Å². The number of fused-ring (bicyclic) bond motifs is 5. The van der Waals surface area contributed by atoms with Crippen LogP contribution < -0.4 is 10.6 Å². The highest BCUT2D eigenvalue weighted by molar-refractivity contribution is 5.96. The van der Waals surface area contributed by atoms with Crippen LogP contribution in [-0.4, -0.2) is 69.7 Å². The molecule has 2 amide bonds. The maximum atomic E-state index is 12.5. The first-order valence-corrected chi connectivity index (χ1v) is 14.8. The van der Waals surface area contributed by atoms with Crippen molar-refractivity contribution in [2.45, 2.75) is 96.7 Å². The Bertz CT molecular complexity index is 1160. The molecule has 0 aromatic rings. The van der Waals surface area contributed by atoms with Crippen LogP contribution in [-0.2, 0) is 19.2 Å². The third kappa shape index (κ3) is 5.63. The summed E-state index contributed by atoms with van der Waals surface area (Å²) in [4.78, 5) is 41.5. The highest BCUT2D eigenvalue weighted by atomic mass is 16.6. The Morgan fingerprint density at radius 2 is 1.83 bits per heavy atom. The molecule has 0 unspecified atom stereocenters. The SMILES string of the molecule is C#C[C@@]1(O)CC[C@@H]2[C@@H]3CCC4=C/C(=N\OCC(=O)N[C@H](C(=O)N[C@H](CO)C(=O)O)C(C)C)CC[C@]4(C)[C@H]3CC[C@@]21C. The van der Waals surface area contributed by atoms with Gasteiger partial charge in [0.1, 0.15) is 17.7 Å². The fourth-order valence-electron chi connectivity index (χ4n) is 8.27. The van der Waals surface area contributed by atoms with Crippen LogP contribution in [0.4, 0.5) is 0 Å². The highest BCUT2D eigenvalue weighted by Crippen LogP contribution is 2.67. The predicted octanol–water partition coefficient (Wildman–Crippen LogP) is 2.39. The molecule has 10 nitrogen and oxygen atoms in total. The van der Waals surface area contributed by atoms with Crippen LogP contribution >= 0.6 is 0 Å². The minimum absolute atomic E-state index is 0.0672. The van der Waals surface area contributed by atoms with Crippen molar-refractivity contribution in [2.24, 2.45) is 39.7 Å². The summed E-state index contributed by atoms with van der Waals surface area (Å²) in [6, 6.07) is -2.44. The number of rotatable bonds is 9. The molecule has 10 heteroatoms. The Hall–Kier alpha value is -2.90. The van der Waals surface area contributed by atoms with Crippen molar-refractivity contribution in [1.82, 2.24) is 10.6 Å². The van der Waals surface area contributed by atoms with E-state index in [0.29, 0.717) is 24.2 Å². The monoisotopic (exact) mass is 571 g/mol. The van der Waals surface area contributed by atoms with E-state index in [4.69, 9.17) is 21.5 Å². The fraction of sp³-hybridized carbons (Fsp3) is 0.742. The van der Waals surface area contributed by atoms with Crippen LogP contribution in [0, 0.1) is 46.8 Å². The van der Waals surface area contributed by atoms with Gasteiger partial charge >= 0.3 is 5.97 Å². The van der Waals surface area contributed by atoms with Crippen molar-refractivity contribution in [2.75, 3.05) is 13.2 Å². The third-order valence-corrected chi connectivity index (χ3v) is 10.8. The highest BCUT2D eigenvalue weighted by Gasteiger charge is 2.63. The number of hydrogen-bond donors (Lipinski definition) is 5. The molecular weight excluding hydrogens is 526 g/mol. The summed E-state index contributed by atoms with van der Waals surface area (Å²) in [6.07, 6.45) is 15.3. The van der Waals surface area contributed by atoms with Gasteiger partial charge in [-0.15, -0.1) is 6.42 Å². The van der Waals surface area contributed by atoms with Gasteiger partial charge in [0.25, 0.3) is 5.91 Å². The largest absolute Gasteiger partial charge is 0.480 e. The molecule has 0 heterocycles. The summed E-state index contributed by atoms with van der Waals surface area (Å²) >= 11 is 0. The molecule has 0 aromatic carbocycles. The van der Waals surface area contributed by atoms with Gasteiger partial charge in [-0.05, 0) is 86.5 Å². The van der Waals surface area contributed by atoms with E-state index >= 15 is 0 Å². The summed E-state index contributed by atoms with van der Waals surface area (Å²) in [7, 11) is 0. The molecule has 4 rings (SSSR count). The average molecular weight is 572 g/mol. The molecule has 0 bridgehead atoms. The molecule has 0 saturated heterocycles. The number of aliphatic hydroxyl groups is 2. The lowest BCUT2D eigenvalue weighted by Gasteiger charge is -2.58. The Morgan fingerprint density at radius 3 is 2.46 bits per heavy atom. The number of carboxylic acids is 1. The topological polar surface area (TPSA) is 158 Å². The Morgan fingerprint density at radius 1 is 1.12 bits per heavy atom. The first-order chi connectivity index (χ1) is 19.3. The molecule has 8 atom stereocenters. The quantitative estimate of drug-likeness (QED) is 0.210. The number of carbonyl (C=O) groups is 3. The zero-order chi connectivity index (χ0) is 30.2. The number of terminal acetylenes is 1.